The van der Waals surface area contributed by atoms with Gasteiger partial charge >= 0.3 is 5.97 Å². The van der Waals surface area contributed by atoms with E-state index < -0.39 is 18.5 Å². The van der Waals surface area contributed by atoms with Crippen molar-refractivity contribution < 1.29 is 19.1 Å². The Morgan fingerprint density at radius 2 is 1.86 bits per heavy atom. The summed E-state index contributed by atoms with van der Waals surface area (Å²) >= 11 is 11.6. The molecule has 0 saturated carbocycles. The highest BCUT2D eigenvalue weighted by Gasteiger charge is 2.16. The summed E-state index contributed by atoms with van der Waals surface area (Å²) in [7, 11) is 0. The van der Waals surface area contributed by atoms with E-state index in [-0.39, 0.29) is 33.7 Å². The predicted molar refractivity (Wildman–Crippen MR) is 82.9 cm³/mol. The summed E-state index contributed by atoms with van der Waals surface area (Å²) in [5.74, 6) is -1.80. The van der Waals surface area contributed by atoms with Gasteiger partial charge in [0.05, 0.1) is 22.8 Å². The molecule has 0 atom stereocenters. The Hall–Kier alpha value is -1.99. The first-order chi connectivity index (χ1) is 10.3. The van der Waals surface area contributed by atoms with Gasteiger partial charge < -0.3 is 21.1 Å². The third-order valence-corrected chi connectivity index (χ3v) is 3.00. The predicted octanol–water partition coefficient (Wildman–Crippen LogP) is 0.985. The minimum Gasteiger partial charge on any atom is -0.452 e. The van der Waals surface area contributed by atoms with E-state index in [0.29, 0.717) is 6.54 Å². The maximum atomic E-state index is 11.8. The van der Waals surface area contributed by atoms with Crippen molar-refractivity contribution in [2.24, 2.45) is 0 Å². The zero-order valence-corrected chi connectivity index (χ0v) is 13.3. The lowest BCUT2D eigenvalue weighted by Crippen LogP contribution is -2.38. The van der Waals surface area contributed by atoms with Crippen molar-refractivity contribution in [2.45, 2.75) is 6.92 Å². The Labute approximate surface area is 137 Å². The van der Waals surface area contributed by atoms with Crippen molar-refractivity contribution in [2.75, 3.05) is 25.4 Å². The number of anilines is 1. The van der Waals surface area contributed by atoms with Crippen LogP contribution in [0.25, 0.3) is 0 Å². The number of likely N-dealkylation sites (N-methyl/N-ethyl adjacent to an activating group) is 1. The molecule has 120 valence electrons. The Bertz CT molecular complexity index is 593. The van der Waals surface area contributed by atoms with Crippen LogP contribution in [0.1, 0.15) is 17.3 Å². The smallest absolute Gasteiger partial charge is 0.340 e. The molecule has 0 aliphatic heterocycles. The highest BCUT2D eigenvalue weighted by atomic mass is 35.5. The van der Waals surface area contributed by atoms with Crippen LogP contribution in [0.4, 0.5) is 5.69 Å². The van der Waals surface area contributed by atoms with Crippen LogP contribution >= 0.6 is 23.2 Å². The van der Waals surface area contributed by atoms with Crippen LogP contribution in [-0.2, 0) is 14.3 Å². The molecule has 0 aliphatic carbocycles. The van der Waals surface area contributed by atoms with Crippen molar-refractivity contribution in [3.05, 3.63) is 27.7 Å². The Morgan fingerprint density at radius 1 is 1.18 bits per heavy atom. The van der Waals surface area contributed by atoms with Crippen LogP contribution < -0.4 is 16.4 Å². The van der Waals surface area contributed by atoms with Gasteiger partial charge in [-0.1, -0.05) is 23.2 Å². The summed E-state index contributed by atoms with van der Waals surface area (Å²) in [6.45, 7) is 1.46. The van der Waals surface area contributed by atoms with Crippen molar-refractivity contribution in [3.63, 3.8) is 0 Å². The fourth-order valence-corrected chi connectivity index (χ4v) is 1.95. The molecule has 7 nitrogen and oxygen atoms in total. The summed E-state index contributed by atoms with van der Waals surface area (Å²) in [5.41, 5.74) is 5.63. The number of carbonyl (C=O) groups excluding carboxylic acids is 3. The van der Waals surface area contributed by atoms with Crippen LogP contribution in [0.15, 0.2) is 12.1 Å². The topological polar surface area (TPSA) is 111 Å². The maximum Gasteiger partial charge on any atom is 0.340 e. The minimum absolute atomic E-state index is 0.0128. The van der Waals surface area contributed by atoms with Crippen LogP contribution in [-0.4, -0.2) is 37.5 Å². The third-order valence-electron chi connectivity index (χ3n) is 2.47. The number of amides is 2. The molecule has 0 aromatic heterocycles. The Balaban J connectivity index is 2.53. The highest BCUT2D eigenvalue weighted by Crippen LogP contribution is 2.27. The summed E-state index contributed by atoms with van der Waals surface area (Å²) in [5, 5.41) is 5.13. The van der Waals surface area contributed by atoms with Crippen molar-refractivity contribution in [1.29, 1.82) is 0 Å². The molecule has 0 radical (unpaired) electrons. The van der Waals surface area contributed by atoms with Gasteiger partial charge in [-0.15, -0.1) is 0 Å². The molecule has 0 saturated heterocycles. The first-order valence-corrected chi connectivity index (χ1v) is 7.05. The standard InChI is InChI=1S/C13H15Cl2N3O4/c1-2-17-10(19)5-18-11(20)6-22-13(21)8-3-7(14)4-9(15)12(8)16/h3-4H,2,5-6,16H2,1H3,(H,17,19)(H,18,20). The van der Waals surface area contributed by atoms with Crippen LogP contribution in [0, 0.1) is 0 Å². The number of hydrogen-bond acceptors (Lipinski definition) is 5. The van der Waals surface area contributed by atoms with E-state index in [0.717, 1.165) is 0 Å². The second kappa shape index (κ2) is 8.45. The first kappa shape index (κ1) is 18.1. The normalized spacial score (nSPS) is 9.95. The summed E-state index contributed by atoms with van der Waals surface area (Å²) in [4.78, 5) is 34.4. The fourth-order valence-electron chi connectivity index (χ4n) is 1.45. The molecule has 1 rings (SSSR count). The van der Waals surface area contributed by atoms with Gasteiger partial charge in [0, 0.05) is 11.6 Å². The molecule has 9 heteroatoms. The molecule has 4 N–H and O–H groups in total. The van der Waals surface area contributed by atoms with E-state index in [9.17, 15) is 14.4 Å². The van der Waals surface area contributed by atoms with Gasteiger partial charge in [0.15, 0.2) is 6.61 Å². The largest absolute Gasteiger partial charge is 0.452 e. The van der Waals surface area contributed by atoms with Crippen LogP contribution in [0.2, 0.25) is 10.0 Å². The molecule has 0 heterocycles. The lowest BCUT2D eigenvalue weighted by Gasteiger charge is -2.09. The van der Waals surface area contributed by atoms with E-state index in [2.05, 4.69) is 10.6 Å². The van der Waals surface area contributed by atoms with E-state index in [1.807, 2.05) is 0 Å². The number of nitrogens with one attached hydrogen (secondary N) is 2. The maximum absolute atomic E-state index is 11.8. The van der Waals surface area contributed by atoms with E-state index in [1.54, 1.807) is 6.92 Å². The Kier molecular flexibility index (Phi) is 6.94. The van der Waals surface area contributed by atoms with E-state index in [4.69, 9.17) is 33.7 Å². The van der Waals surface area contributed by atoms with Gasteiger partial charge in [0.25, 0.3) is 5.91 Å². The molecule has 2 amide bonds. The molecule has 0 aliphatic rings. The molecular weight excluding hydrogens is 333 g/mol. The minimum atomic E-state index is -0.838. The zero-order valence-electron chi connectivity index (χ0n) is 11.7. The van der Waals surface area contributed by atoms with Gasteiger partial charge in [-0.3, -0.25) is 9.59 Å². The number of rotatable bonds is 6. The van der Waals surface area contributed by atoms with Crippen LogP contribution in [0.5, 0.6) is 0 Å². The van der Waals surface area contributed by atoms with E-state index >= 15 is 0 Å². The quantitative estimate of drug-likeness (QED) is 0.524. The third kappa shape index (κ3) is 5.42. The molecule has 0 spiro atoms. The molecule has 0 bridgehead atoms. The van der Waals surface area contributed by atoms with Crippen molar-refractivity contribution >= 4 is 46.7 Å². The molecule has 1 aromatic rings. The summed E-state index contributed by atoms with van der Waals surface area (Å²) in [6, 6.07) is 2.67. The number of carbonyl (C=O) groups is 3. The zero-order chi connectivity index (χ0) is 16.7. The van der Waals surface area contributed by atoms with Gasteiger partial charge in [0.1, 0.15) is 0 Å². The fraction of sp³-hybridized carbons (Fsp3) is 0.308. The summed E-state index contributed by atoms with van der Waals surface area (Å²) in [6.07, 6.45) is 0. The number of halogens is 2. The second-order valence-electron chi connectivity index (χ2n) is 4.16. The van der Waals surface area contributed by atoms with Crippen molar-refractivity contribution in [3.8, 4) is 0 Å². The number of esters is 1. The average molecular weight is 348 g/mol. The summed E-state index contributed by atoms with van der Waals surface area (Å²) < 4.78 is 4.79. The molecule has 0 fully saturated rings. The Morgan fingerprint density at radius 3 is 2.50 bits per heavy atom. The SMILES string of the molecule is CCNC(=O)CNC(=O)COC(=O)c1cc(Cl)cc(Cl)c1N. The lowest BCUT2D eigenvalue weighted by molar-refractivity contribution is -0.127. The lowest BCUT2D eigenvalue weighted by atomic mass is 10.2. The van der Waals surface area contributed by atoms with Gasteiger partial charge in [-0.2, -0.15) is 0 Å². The van der Waals surface area contributed by atoms with Gasteiger partial charge in [-0.05, 0) is 19.1 Å². The van der Waals surface area contributed by atoms with Crippen molar-refractivity contribution in [1.82, 2.24) is 10.6 Å². The van der Waals surface area contributed by atoms with E-state index in [1.165, 1.54) is 12.1 Å². The number of benzene rings is 1. The average Bonchev–Trinajstić information content (AvgIpc) is 2.46. The number of ether oxygens (including phenoxy) is 1. The molecule has 0 unspecified atom stereocenters. The number of nitrogens with two attached hydrogens (primary N) is 1. The van der Waals surface area contributed by atoms with Gasteiger partial charge in [0.2, 0.25) is 5.91 Å². The number of hydrogen-bond donors (Lipinski definition) is 3. The van der Waals surface area contributed by atoms with Crippen LogP contribution in [0.3, 0.4) is 0 Å². The molecule has 1 aromatic carbocycles. The number of nitrogen functional groups attached to an aromatic ring is 1. The monoisotopic (exact) mass is 347 g/mol. The molecule has 22 heavy (non-hydrogen) atoms. The second-order valence-corrected chi connectivity index (χ2v) is 5.00. The molecular formula is C13H15Cl2N3O4. The first-order valence-electron chi connectivity index (χ1n) is 6.30. The van der Waals surface area contributed by atoms with Gasteiger partial charge in [-0.25, -0.2) is 4.79 Å². The highest BCUT2D eigenvalue weighted by molar-refractivity contribution is 6.37.